The molecule has 110 valence electrons. The molecule has 0 saturated heterocycles. The molecule has 0 amide bonds. The van der Waals surface area contributed by atoms with Crippen LogP contribution >= 0.6 is 0 Å². The van der Waals surface area contributed by atoms with E-state index < -0.39 is 4.92 Å². The summed E-state index contributed by atoms with van der Waals surface area (Å²) in [5.41, 5.74) is 2.25. The molecular weight excluding hydrogens is 270 g/mol. The second-order valence-corrected chi connectivity index (χ2v) is 4.63. The average molecular weight is 287 g/mol. The number of aromatic nitrogens is 1. The van der Waals surface area contributed by atoms with E-state index >= 15 is 0 Å². The lowest BCUT2D eigenvalue weighted by Gasteiger charge is -2.13. The Morgan fingerprint density at radius 3 is 2.38 bits per heavy atom. The van der Waals surface area contributed by atoms with Crippen LogP contribution in [0.1, 0.15) is 12.5 Å². The summed E-state index contributed by atoms with van der Waals surface area (Å²) in [6.45, 7) is 2.96. The number of hydrogen-bond acceptors (Lipinski definition) is 4. The van der Waals surface area contributed by atoms with Gasteiger partial charge in [0.25, 0.3) is 11.2 Å². The van der Waals surface area contributed by atoms with Crippen LogP contribution in [0.3, 0.4) is 0 Å². The first-order valence-corrected chi connectivity index (χ1v) is 6.70. The Morgan fingerprint density at radius 1 is 1.19 bits per heavy atom. The molecule has 0 saturated carbocycles. The van der Waals surface area contributed by atoms with E-state index in [4.69, 9.17) is 0 Å². The summed E-state index contributed by atoms with van der Waals surface area (Å²) >= 11 is 0. The Kier molecular flexibility index (Phi) is 4.49. The van der Waals surface area contributed by atoms with E-state index in [1.807, 2.05) is 13.0 Å². The van der Waals surface area contributed by atoms with Gasteiger partial charge in [-0.3, -0.25) is 14.9 Å². The Labute approximate surface area is 122 Å². The standard InChI is InChI=1S/C15H17N3O3/c1-3-17-14(9-6-12(10-16-2)15(17)19)11-4-7-13(8-5-11)18(20)21/h4-9,16H,3,10H2,1-2H3. The molecule has 0 aliphatic heterocycles. The fourth-order valence-corrected chi connectivity index (χ4v) is 2.27. The summed E-state index contributed by atoms with van der Waals surface area (Å²) in [5.74, 6) is 0. The normalized spacial score (nSPS) is 10.6. The van der Waals surface area contributed by atoms with Gasteiger partial charge in [-0.2, -0.15) is 0 Å². The number of nitrogens with one attached hydrogen (secondary N) is 1. The van der Waals surface area contributed by atoms with Gasteiger partial charge in [0.1, 0.15) is 0 Å². The zero-order valence-corrected chi connectivity index (χ0v) is 12.0. The molecule has 0 spiro atoms. The van der Waals surface area contributed by atoms with Gasteiger partial charge < -0.3 is 9.88 Å². The predicted octanol–water partition coefficient (Wildman–Crippen LogP) is 2.16. The van der Waals surface area contributed by atoms with Crippen LogP contribution in [-0.2, 0) is 13.1 Å². The second kappa shape index (κ2) is 6.32. The topological polar surface area (TPSA) is 77.2 Å². The third-order valence-electron chi connectivity index (χ3n) is 3.31. The monoisotopic (exact) mass is 287 g/mol. The Balaban J connectivity index is 2.51. The van der Waals surface area contributed by atoms with E-state index in [0.717, 1.165) is 11.3 Å². The molecule has 0 aliphatic carbocycles. The van der Waals surface area contributed by atoms with E-state index in [2.05, 4.69) is 5.32 Å². The van der Waals surface area contributed by atoms with Crippen LogP contribution in [-0.4, -0.2) is 16.5 Å². The molecule has 0 aliphatic rings. The van der Waals surface area contributed by atoms with Crippen molar-refractivity contribution in [1.82, 2.24) is 9.88 Å². The summed E-state index contributed by atoms with van der Waals surface area (Å²) in [4.78, 5) is 22.6. The molecule has 6 heteroatoms. The van der Waals surface area contributed by atoms with Crippen LogP contribution in [0.4, 0.5) is 5.69 Å². The highest BCUT2D eigenvalue weighted by molar-refractivity contribution is 5.61. The highest BCUT2D eigenvalue weighted by Crippen LogP contribution is 2.21. The first-order valence-electron chi connectivity index (χ1n) is 6.70. The van der Waals surface area contributed by atoms with Gasteiger partial charge in [-0.25, -0.2) is 0 Å². The highest BCUT2D eigenvalue weighted by Gasteiger charge is 2.10. The third-order valence-corrected chi connectivity index (χ3v) is 3.31. The number of pyridine rings is 1. The molecule has 1 N–H and O–H groups in total. The summed E-state index contributed by atoms with van der Waals surface area (Å²) < 4.78 is 1.67. The molecule has 0 atom stereocenters. The molecule has 6 nitrogen and oxygen atoms in total. The number of rotatable bonds is 5. The fourth-order valence-electron chi connectivity index (χ4n) is 2.27. The van der Waals surface area contributed by atoms with Gasteiger partial charge in [0.15, 0.2) is 0 Å². The zero-order valence-electron chi connectivity index (χ0n) is 12.0. The van der Waals surface area contributed by atoms with Gasteiger partial charge in [0, 0.05) is 30.8 Å². The van der Waals surface area contributed by atoms with Crippen LogP contribution in [0.15, 0.2) is 41.2 Å². The van der Waals surface area contributed by atoms with Crippen LogP contribution in [0, 0.1) is 10.1 Å². The Bertz CT molecular complexity index is 705. The van der Waals surface area contributed by atoms with Crippen molar-refractivity contribution < 1.29 is 4.92 Å². The molecule has 0 bridgehead atoms. The maximum absolute atomic E-state index is 12.4. The van der Waals surface area contributed by atoms with Gasteiger partial charge in [0.2, 0.25) is 0 Å². The van der Waals surface area contributed by atoms with Crippen molar-refractivity contribution in [3.05, 3.63) is 62.4 Å². The molecule has 21 heavy (non-hydrogen) atoms. The second-order valence-electron chi connectivity index (χ2n) is 4.63. The molecule has 1 aromatic carbocycles. The van der Waals surface area contributed by atoms with Crippen molar-refractivity contribution >= 4 is 5.69 Å². The van der Waals surface area contributed by atoms with Crippen LogP contribution in [0.5, 0.6) is 0 Å². The molecule has 2 aromatic rings. The first kappa shape index (κ1) is 14.9. The minimum Gasteiger partial charge on any atom is -0.315 e. The van der Waals surface area contributed by atoms with E-state index in [9.17, 15) is 14.9 Å². The molecule has 0 radical (unpaired) electrons. The van der Waals surface area contributed by atoms with Gasteiger partial charge in [-0.05, 0) is 37.7 Å². The Morgan fingerprint density at radius 2 is 1.86 bits per heavy atom. The van der Waals surface area contributed by atoms with Crippen molar-refractivity contribution in [2.75, 3.05) is 7.05 Å². The van der Waals surface area contributed by atoms with Crippen LogP contribution < -0.4 is 10.9 Å². The summed E-state index contributed by atoms with van der Waals surface area (Å²) in [6, 6.07) is 9.89. The van der Waals surface area contributed by atoms with Crippen molar-refractivity contribution in [3.63, 3.8) is 0 Å². The van der Waals surface area contributed by atoms with Gasteiger partial charge >= 0.3 is 0 Å². The Hall–Kier alpha value is -2.47. The lowest BCUT2D eigenvalue weighted by atomic mass is 10.1. The molecule has 1 heterocycles. The highest BCUT2D eigenvalue weighted by atomic mass is 16.6. The smallest absolute Gasteiger partial charge is 0.269 e. The van der Waals surface area contributed by atoms with Gasteiger partial charge in [-0.1, -0.05) is 6.07 Å². The predicted molar refractivity (Wildman–Crippen MR) is 81.2 cm³/mol. The number of hydrogen-bond donors (Lipinski definition) is 1. The largest absolute Gasteiger partial charge is 0.315 e. The molecule has 2 rings (SSSR count). The lowest BCUT2D eigenvalue weighted by Crippen LogP contribution is -2.26. The first-order chi connectivity index (χ1) is 10.1. The molecule has 0 unspecified atom stereocenters. The number of nitro benzene ring substituents is 1. The average Bonchev–Trinajstić information content (AvgIpc) is 2.49. The van der Waals surface area contributed by atoms with E-state index in [0.29, 0.717) is 18.7 Å². The van der Waals surface area contributed by atoms with Gasteiger partial charge in [-0.15, -0.1) is 0 Å². The van der Waals surface area contributed by atoms with Gasteiger partial charge in [0.05, 0.1) is 10.6 Å². The lowest BCUT2D eigenvalue weighted by molar-refractivity contribution is -0.384. The number of non-ortho nitro benzene ring substituents is 1. The summed E-state index contributed by atoms with van der Waals surface area (Å²) in [6.07, 6.45) is 0. The fraction of sp³-hybridized carbons (Fsp3) is 0.267. The molecule has 0 fully saturated rings. The van der Waals surface area contributed by atoms with Crippen molar-refractivity contribution in [1.29, 1.82) is 0 Å². The van der Waals surface area contributed by atoms with Crippen LogP contribution in [0.25, 0.3) is 11.3 Å². The maximum Gasteiger partial charge on any atom is 0.269 e. The zero-order chi connectivity index (χ0) is 15.4. The molecule has 1 aromatic heterocycles. The number of nitrogens with zero attached hydrogens (tertiary/aromatic N) is 2. The number of nitro groups is 1. The minimum absolute atomic E-state index is 0.0379. The maximum atomic E-state index is 12.4. The van der Waals surface area contributed by atoms with Crippen LogP contribution in [0.2, 0.25) is 0 Å². The van der Waals surface area contributed by atoms with E-state index in [1.54, 1.807) is 29.8 Å². The third kappa shape index (κ3) is 3.00. The summed E-state index contributed by atoms with van der Waals surface area (Å²) in [5, 5.41) is 13.7. The quantitative estimate of drug-likeness (QED) is 0.675. The van der Waals surface area contributed by atoms with Crippen molar-refractivity contribution in [2.45, 2.75) is 20.0 Å². The van der Waals surface area contributed by atoms with Crippen molar-refractivity contribution in [3.8, 4) is 11.3 Å². The van der Waals surface area contributed by atoms with E-state index in [1.165, 1.54) is 12.1 Å². The molecular formula is C15H17N3O3. The SMILES string of the molecule is CCn1c(-c2ccc([N+](=O)[O-])cc2)ccc(CNC)c1=O. The van der Waals surface area contributed by atoms with E-state index in [-0.39, 0.29) is 11.2 Å². The summed E-state index contributed by atoms with van der Waals surface area (Å²) in [7, 11) is 1.79. The van der Waals surface area contributed by atoms with Crippen molar-refractivity contribution in [2.24, 2.45) is 0 Å². The number of benzene rings is 1. The minimum atomic E-state index is -0.438.